The van der Waals surface area contributed by atoms with E-state index in [0.29, 0.717) is 18.0 Å². The van der Waals surface area contributed by atoms with E-state index in [1.165, 1.54) is 0 Å². The number of carbonyl (C=O) groups is 2. The highest BCUT2D eigenvalue weighted by atomic mass is 16.5. The highest BCUT2D eigenvalue weighted by Gasteiger charge is 2.21. The monoisotopic (exact) mass is 294 g/mol. The van der Waals surface area contributed by atoms with Crippen LogP contribution < -0.4 is 11.1 Å². The van der Waals surface area contributed by atoms with Crippen molar-refractivity contribution in [2.75, 3.05) is 24.3 Å². The van der Waals surface area contributed by atoms with Crippen molar-refractivity contribution in [3.8, 4) is 0 Å². The lowest BCUT2D eigenvalue weighted by atomic mass is 10.1. The molecule has 0 bridgehead atoms. The standard InChI is InChI=1S/C15H22N2O4/c1-3-20-14(18)10-9-13(15(19)21-4-2)17-12-8-6-5-7-11(12)16/h5-8,13,17H,3-4,9-10,16H2,1-2H3/t13-/m0/s1. The van der Waals surface area contributed by atoms with Gasteiger partial charge in [0.2, 0.25) is 0 Å². The molecule has 0 heterocycles. The fraction of sp³-hybridized carbons (Fsp3) is 0.467. The quantitative estimate of drug-likeness (QED) is 0.562. The molecule has 6 nitrogen and oxygen atoms in total. The van der Waals surface area contributed by atoms with Crippen molar-refractivity contribution in [3.63, 3.8) is 0 Å². The third kappa shape index (κ3) is 5.72. The molecule has 6 heteroatoms. The van der Waals surface area contributed by atoms with Gasteiger partial charge in [-0.25, -0.2) is 4.79 Å². The zero-order valence-corrected chi connectivity index (χ0v) is 12.4. The number of rotatable bonds is 8. The van der Waals surface area contributed by atoms with Gasteiger partial charge in [0, 0.05) is 6.42 Å². The molecular formula is C15H22N2O4. The van der Waals surface area contributed by atoms with Gasteiger partial charge >= 0.3 is 11.9 Å². The molecule has 116 valence electrons. The maximum absolute atomic E-state index is 12.0. The van der Waals surface area contributed by atoms with Crippen molar-refractivity contribution in [3.05, 3.63) is 24.3 Å². The lowest BCUT2D eigenvalue weighted by Crippen LogP contribution is -2.32. The van der Waals surface area contributed by atoms with Crippen LogP contribution in [0.15, 0.2) is 24.3 Å². The Kier molecular flexibility index (Phi) is 7.08. The summed E-state index contributed by atoms with van der Waals surface area (Å²) in [6.45, 7) is 4.07. The molecule has 0 aliphatic rings. The highest BCUT2D eigenvalue weighted by molar-refractivity contribution is 5.82. The van der Waals surface area contributed by atoms with Crippen molar-refractivity contribution in [1.29, 1.82) is 0 Å². The summed E-state index contributed by atoms with van der Waals surface area (Å²) in [6.07, 6.45) is 0.420. The summed E-state index contributed by atoms with van der Waals surface area (Å²) in [5.41, 5.74) is 7.01. The molecule has 3 N–H and O–H groups in total. The Morgan fingerprint density at radius 1 is 1.19 bits per heavy atom. The van der Waals surface area contributed by atoms with Crippen molar-refractivity contribution in [2.24, 2.45) is 0 Å². The first kappa shape index (κ1) is 16.8. The number of ether oxygens (including phenoxy) is 2. The van der Waals surface area contributed by atoms with E-state index in [9.17, 15) is 9.59 Å². The summed E-state index contributed by atoms with van der Waals surface area (Å²) in [7, 11) is 0. The van der Waals surface area contributed by atoms with Crippen molar-refractivity contribution in [1.82, 2.24) is 0 Å². The van der Waals surface area contributed by atoms with E-state index in [1.807, 2.05) is 6.07 Å². The van der Waals surface area contributed by atoms with Crippen LogP contribution in [0.3, 0.4) is 0 Å². The van der Waals surface area contributed by atoms with Gasteiger partial charge in [-0.15, -0.1) is 0 Å². The number of benzene rings is 1. The van der Waals surface area contributed by atoms with Crippen molar-refractivity contribution in [2.45, 2.75) is 32.7 Å². The minimum absolute atomic E-state index is 0.136. The normalized spacial score (nSPS) is 11.5. The first-order valence-electron chi connectivity index (χ1n) is 7.01. The van der Waals surface area contributed by atoms with E-state index >= 15 is 0 Å². The lowest BCUT2D eigenvalue weighted by molar-refractivity contribution is -0.145. The van der Waals surface area contributed by atoms with Gasteiger partial charge in [-0.1, -0.05) is 12.1 Å². The molecule has 0 radical (unpaired) electrons. The first-order chi connectivity index (χ1) is 10.1. The van der Waals surface area contributed by atoms with Crippen LogP contribution in [-0.2, 0) is 19.1 Å². The first-order valence-corrected chi connectivity index (χ1v) is 7.01. The van der Waals surface area contributed by atoms with E-state index < -0.39 is 12.0 Å². The predicted molar refractivity (Wildman–Crippen MR) is 80.8 cm³/mol. The van der Waals surface area contributed by atoms with Gasteiger partial charge in [-0.05, 0) is 32.4 Å². The lowest BCUT2D eigenvalue weighted by Gasteiger charge is -2.19. The minimum atomic E-state index is -0.640. The second kappa shape index (κ2) is 8.84. The number of nitrogen functional groups attached to an aromatic ring is 1. The van der Waals surface area contributed by atoms with Gasteiger partial charge in [0.05, 0.1) is 24.6 Å². The molecule has 0 spiro atoms. The minimum Gasteiger partial charge on any atom is -0.466 e. The fourth-order valence-corrected chi connectivity index (χ4v) is 1.80. The van der Waals surface area contributed by atoms with Crippen molar-refractivity contribution >= 4 is 23.3 Å². The van der Waals surface area contributed by atoms with E-state index in [1.54, 1.807) is 32.0 Å². The molecular weight excluding hydrogens is 272 g/mol. The Morgan fingerprint density at radius 2 is 1.86 bits per heavy atom. The molecule has 0 aliphatic carbocycles. The van der Waals surface area contributed by atoms with Gasteiger partial charge in [0.1, 0.15) is 6.04 Å². The average Bonchev–Trinajstić information content (AvgIpc) is 2.45. The Balaban J connectivity index is 2.71. The Morgan fingerprint density at radius 3 is 2.48 bits per heavy atom. The summed E-state index contributed by atoms with van der Waals surface area (Å²) < 4.78 is 9.88. The average molecular weight is 294 g/mol. The zero-order valence-electron chi connectivity index (χ0n) is 12.4. The topological polar surface area (TPSA) is 90.6 Å². The van der Waals surface area contributed by atoms with Gasteiger partial charge in [0.15, 0.2) is 0 Å². The van der Waals surface area contributed by atoms with Gasteiger partial charge in [-0.3, -0.25) is 4.79 Å². The molecule has 1 atom stereocenters. The predicted octanol–water partition coefficient (Wildman–Crippen LogP) is 1.96. The third-order valence-electron chi connectivity index (χ3n) is 2.80. The third-order valence-corrected chi connectivity index (χ3v) is 2.80. The number of hydrogen-bond acceptors (Lipinski definition) is 6. The van der Waals surface area contributed by atoms with Gasteiger partial charge in [0.25, 0.3) is 0 Å². The van der Waals surface area contributed by atoms with E-state index in [0.717, 1.165) is 0 Å². The van der Waals surface area contributed by atoms with Crippen LogP contribution in [0.5, 0.6) is 0 Å². The smallest absolute Gasteiger partial charge is 0.328 e. The maximum atomic E-state index is 12.0. The zero-order chi connectivity index (χ0) is 15.7. The Labute approximate surface area is 124 Å². The van der Waals surface area contributed by atoms with Crippen LogP contribution in [0.4, 0.5) is 11.4 Å². The van der Waals surface area contributed by atoms with E-state index in [-0.39, 0.29) is 25.4 Å². The number of nitrogens with two attached hydrogens (primary N) is 1. The van der Waals surface area contributed by atoms with Crippen LogP contribution in [0, 0.1) is 0 Å². The summed E-state index contributed by atoms with van der Waals surface area (Å²) in [5, 5.41) is 3.02. The molecule has 0 aliphatic heterocycles. The number of carbonyl (C=O) groups excluding carboxylic acids is 2. The number of hydrogen-bond donors (Lipinski definition) is 2. The molecule has 21 heavy (non-hydrogen) atoms. The molecule has 1 aromatic carbocycles. The molecule has 0 saturated heterocycles. The number of para-hydroxylation sites is 2. The van der Waals surface area contributed by atoms with Crippen molar-refractivity contribution < 1.29 is 19.1 Å². The van der Waals surface area contributed by atoms with Crippen LogP contribution >= 0.6 is 0 Å². The summed E-state index contributed by atoms with van der Waals surface area (Å²) in [6, 6.07) is 6.48. The summed E-state index contributed by atoms with van der Waals surface area (Å²) in [4.78, 5) is 23.4. The SMILES string of the molecule is CCOC(=O)CC[C@H](Nc1ccccc1N)C(=O)OCC. The van der Waals surface area contributed by atoms with Crippen LogP contribution in [0.25, 0.3) is 0 Å². The summed E-state index contributed by atoms with van der Waals surface area (Å²) in [5.74, 6) is -0.750. The molecule has 0 unspecified atom stereocenters. The molecule has 0 fully saturated rings. The van der Waals surface area contributed by atoms with Gasteiger partial charge in [-0.2, -0.15) is 0 Å². The van der Waals surface area contributed by atoms with Crippen LogP contribution in [-0.4, -0.2) is 31.2 Å². The second-order valence-corrected chi connectivity index (χ2v) is 4.38. The van der Waals surface area contributed by atoms with E-state index in [2.05, 4.69) is 5.32 Å². The number of anilines is 2. The molecule has 1 aromatic rings. The van der Waals surface area contributed by atoms with Crippen LogP contribution in [0.2, 0.25) is 0 Å². The number of nitrogens with one attached hydrogen (secondary N) is 1. The Hall–Kier alpha value is -2.24. The second-order valence-electron chi connectivity index (χ2n) is 4.38. The van der Waals surface area contributed by atoms with Crippen LogP contribution in [0.1, 0.15) is 26.7 Å². The molecule has 1 rings (SSSR count). The highest BCUT2D eigenvalue weighted by Crippen LogP contribution is 2.19. The van der Waals surface area contributed by atoms with E-state index in [4.69, 9.17) is 15.2 Å². The largest absolute Gasteiger partial charge is 0.466 e. The summed E-state index contributed by atoms with van der Waals surface area (Å²) >= 11 is 0. The molecule has 0 aromatic heterocycles. The fourth-order valence-electron chi connectivity index (χ4n) is 1.80. The van der Waals surface area contributed by atoms with Gasteiger partial charge < -0.3 is 20.5 Å². The molecule has 0 saturated carbocycles. The Bertz CT molecular complexity index is 476. The maximum Gasteiger partial charge on any atom is 0.328 e. The molecule has 0 amide bonds. The number of esters is 2.